The minimum absolute atomic E-state index is 0.0289. The average molecular weight is 320 g/mol. The predicted octanol–water partition coefficient (Wildman–Crippen LogP) is 1.97. The number of nitrogens with one attached hydrogen (secondary N) is 1. The monoisotopic (exact) mass is 320 g/mol. The highest BCUT2D eigenvalue weighted by molar-refractivity contribution is 5.72. The zero-order valence-electron chi connectivity index (χ0n) is 12.3. The average Bonchev–Trinajstić information content (AvgIpc) is 2.89. The fraction of sp³-hybridized carbons (Fsp3) is 0.769. The maximum Gasteiger partial charge on any atom is 0.455 e. The number of halogens is 3. The standard InChI is InChI=1S/C13H19F3N4O2/c1-9(21)17-6-5-10-4-2-3-7-20(10)8-11-18-12(19-22-11)13(14,15)16/h10H,2-8H2,1H3,(H,17,21)/t10-/m0/s1. The van der Waals surface area contributed by atoms with Gasteiger partial charge in [-0.25, -0.2) is 0 Å². The Morgan fingerprint density at radius 2 is 2.23 bits per heavy atom. The molecule has 2 heterocycles. The Hall–Kier alpha value is -1.64. The predicted molar refractivity (Wildman–Crippen MR) is 70.6 cm³/mol. The first-order chi connectivity index (χ1) is 10.4. The summed E-state index contributed by atoms with van der Waals surface area (Å²) in [5, 5.41) is 5.70. The van der Waals surface area contributed by atoms with Crippen LogP contribution in [0.5, 0.6) is 0 Å². The molecule has 1 atom stereocenters. The number of piperidine rings is 1. The summed E-state index contributed by atoms with van der Waals surface area (Å²) >= 11 is 0. The van der Waals surface area contributed by atoms with Crippen LogP contribution in [0.25, 0.3) is 0 Å². The maximum absolute atomic E-state index is 12.5. The molecule has 2 rings (SSSR count). The van der Waals surface area contributed by atoms with E-state index in [-0.39, 0.29) is 24.4 Å². The van der Waals surface area contributed by atoms with E-state index in [2.05, 4.69) is 15.5 Å². The number of carbonyl (C=O) groups excluding carboxylic acids is 1. The van der Waals surface area contributed by atoms with Gasteiger partial charge >= 0.3 is 6.18 Å². The lowest BCUT2D eigenvalue weighted by Crippen LogP contribution is -2.41. The van der Waals surface area contributed by atoms with E-state index in [1.165, 1.54) is 6.92 Å². The van der Waals surface area contributed by atoms with E-state index in [4.69, 9.17) is 4.52 Å². The minimum Gasteiger partial charge on any atom is -0.356 e. The third-order valence-corrected chi connectivity index (χ3v) is 3.66. The van der Waals surface area contributed by atoms with Gasteiger partial charge in [-0.15, -0.1) is 0 Å². The van der Waals surface area contributed by atoms with E-state index in [9.17, 15) is 18.0 Å². The Labute approximate surface area is 126 Å². The number of hydrogen-bond acceptors (Lipinski definition) is 5. The second-order valence-electron chi connectivity index (χ2n) is 5.40. The molecular weight excluding hydrogens is 301 g/mol. The highest BCUT2D eigenvalue weighted by Gasteiger charge is 2.37. The molecule has 22 heavy (non-hydrogen) atoms. The minimum atomic E-state index is -4.59. The van der Waals surface area contributed by atoms with Gasteiger partial charge in [-0.3, -0.25) is 9.69 Å². The third kappa shape index (κ3) is 4.69. The van der Waals surface area contributed by atoms with Gasteiger partial charge in [0.1, 0.15) is 0 Å². The summed E-state index contributed by atoms with van der Waals surface area (Å²) in [4.78, 5) is 16.3. The molecular formula is C13H19F3N4O2. The fourth-order valence-electron chi connectivity index (χ4n) is 2.62. The van der Waals surface area contributed by atoms with E-state index < -0.39 is 12.0 Å². The summed E-state index contributed by atoms with van der Waals surface area (Å²) in [7, 11) is 0. The molecule has 1 saturated heterocycles. The Morgan fingerprint density at radius 3 is 2.86 bits per heavy atom. The van der Waals surface area contributed by atoms with E-state index >= 15 is 0 Å². The van der Waals surface area contributed by atoms with Crippen LogP contribution < -0.4 is 5.32 Å². The van der Waals surface area contributed by atoms with Crippen LogP contribution in [-0.2, 0) is 17.5 Å². The van der Waals surface area contributed by atoms with Crippen molar-refractivity contribution >= 4 is 5.91 Å². The van der Waals surface area contributed by atoms with Crippen molar-refractivity contribution in [1.82, 2.24) is 20.4 Å². The van der Waals surface area contributed by atoms with Crippen molar-refractivity contribution in [2.75, 3.05) is 13.1 Å². The summed E-state index contributed by atoms with van der Waals surface area (Å²) in [6.07, 6.45) is -0.843. The van der Waals surface area contributed by atoms with Crippen molar-refractivity contribution in [3.05, 3.63) is 11.7 Å². The van der Waals surface area contributed by atoms with E-state index in [1.54, 1.807) is 0 Å². The van der Waals surface area contributed by atoms with Crippen molar-refractivity contribution < 1.29 is 22.5 Å². The van der Waals surface area contributed by atoms with Gasteiger partial charge in [0.05, 0.1) is 6.54 Å². The molecule has 0 saturated carbocycles. The van der Waals surface area contributed by atoms with Gasteiger partial charge in [0, 0.05) is 19.5 Å². The van der Waals surface area contributed by atoms with E-state index in [0.29, 0.717) is 6.54 Å². The van der Waals surface area contributed by atoms with Crippen molar-refractivity contribution in [2.24, 2.45) is 0 Å². The Morgan fingerprint density at radius 1 is 1.45 bits per heavy atom. The number of amides is 1. The van der Waals surface area contributed by atoms with Crippen molar-refractivity contribution in [1.29, 1.82) is 0 Å². The molecule has 0 spiro atoms. The van der Waals surface area contributed by atoms with E-state index in [1.807, 2.05) is 4.90 Å². The van der Waals surface area contributed by atoms with Gasteiger partial charge in [0.2, 0.25) is 11.8 Å². The molecule has 1 N–H and O–H groups in total. The topological polar surface area (TPSA) is 71.3 Å². The van der Waals surface area contributed by atoms with E-state index in [0.717, 1.165) is 32.2 Å². The number of carbonyl (C=O) groups is 1. The molecule has 0 aromatic carbocycles. The fourth-order valence-corrected chi connectivity index (χ4v) is 2.62. The first kappa shape index (κ1) is 16.7. The van der Waals surface area contributed by atoms with Crippen LogP contribution in [0.1, 0.15) is 44.3 Å². The molecule has 9 heteroatoms. The van der Waals surface area contributed by atoms with Crippen LogP contribution in [0, 0.1) is 0 Å². The molecule has 1 aliphatic heterocycles. The Balaban J connectivity index is 1.93. The molecule has 0 radical (unpaired) electrons. The van der Waals surface area contributed by atoms with Crippen LogP contribution in [0.2, 0.25) is 0 Å². The summed E-state index contributed by atoms with van der Waals surface area (Å²) in [6, 6.07) is 0.196. The number of likely N-dealkylation sites (tertiary alicyclic amines) is 1. The van der Waals surface area contributed by atoms with Crippen LogP contribution >= 0.6 is 0 Å². The van der Waals surface area contributed by atoms with Crippen LogP contribution in [0.3, 0.4) is 0 Å². The third-order valence-electron chi connectivity index (χ3n) is 3.66. The van der Waals surface area contributed by atoms with Gasteiger partial charge in [-0.2, -0.15) is 18.2 Å². The smallest absolute Gasteiger partial charge is 0.356 e. The lowest BCUT2D eigenvalue weighted by Gasteiger charge is -2.34. The van der Waals surface area contributed by atoms with Crippen molar-refractivity contribution in [3.8, 4) is 0 Å². The molecule has 1 amide bonds. The van der Waals surface area contributed by atoms with Crippen LogP contribution in [-0.4, -0.2) is 40.1 Å². The number of aromatic nitrogens is 2. The van der Waals surface area contributed by atoms with Gasteiger partial charge < -0.3 is 9.84 Å². The SMILES string of the molecule is CC(=O)NCC[C@@H]1CCCCN1Cc1nc(C(F)(F)F)no1. The first-order valence-corrected chi connectivity index (χ1v) is 7.24. The van der Waals surface area contributed by atoms with Crippen molar-refractivity contribution in [2.45, 2.75) is 51.4 Å². The molecule has 124 valence electrons. The molecule has 0 bridgehead atoms. The summed E-state index contributed by atoms with van der Waals surface area (Å²) in [5.74, 6) is -1.36. The lowest BCUT2D eigenvalue weighted by atomic mass is 9.99. The number of hydrogen-bond donors (Lipinski definition) is 1. The number of nitrogens with zero attached hydrogens (tertiary/aromatic N) is 3. The summed E-state index contributed by atoms with van der Waals surface area (Å²) in [6.45, 7) is 2.98. The summed E-state index contributed by atoms with van der Waals surface area (Å²) in [5.41, 5.74) is 0. The van der Waals surface area contributed by atoms with Crippen LogP contribution in [0.4, 0.5) is 13.2 Å². The van der Waals surface area contributed by atoms with Gasteiger partial charge in [0.25, 0.3) is 5.82 Å². The largest absolute Gasteiger partial charge is 0.455 e. The summed E-state index contributed by atoms with van der Waals surface area (Å²) < 4.78 is 42.1. The molecule has 1 aromatic rings. The first-order valence-electron chi connectivity index (χ1n) is 7.24. The molecule has 1 aromatic heterocycles. The molecule has 1 fully saturated rings. The second kappa shape index (κ2) is 7.08. The molecule has 0 aliphatic carbocycles. The van der Waals surface area contributed by atoms with Crippen molar-refractivity contribution in [3.63, 3.8) is 0 Å². The number of rotatable bonds is 5. The molecule has 0 unspecified atom stereocenters. The Bertz CT molecular complexity index is 504. The normalized spacial score (nSPS) is 20.1. The highest BCUT2D eigenvalue weighted by atomic mass is 19.4. The molecule has 6 nitrogen and oxygen atoms in total. The Kier molecular flexibility index (Phi) is 5.38. The van der Waals surface area contributed by atoms with Crippen LogP contribution in [0.15, 0.2) is 4.52 Å². The zero-order valence-corrected chi connectivity index (χ0v) is 12.3. The highest BCUT2D eigenvalue weighted by Crippen LogP contribution is 2.27. The quantitative estimate of drug-likeness (QED) is 0.898. The number of alkyl halides is 3. The van der Waals surface area contributed by atoms with Gasteiger partial charge in [-0.1, -0.05) is 11.6 Å². The lowest BCUT2D eigenvalue weighted by molar-refractivity contribution is -0.146. The zero-order chi connectivity index (χ0) is 16.2. The second-order valence-corrected chi connectivity index (χ2v) is 5.40. The molecule has 1 aliphatic rings. The van der Waals surface area contributed by atoms with Gasteiger partial charge in [-0.05, 0) is 25.8 Å². The maximum atomic E-state index is 12.5. The van der Waals surface area contributed by atoms with Gasteiger partial charge in [0.15, 0.2) is 0 Å².